The molecule has 102 valence electrons. The zero-order valence-corrected chi connectivity index (χ0v) is 12.4. The van der Waals surface area contributed by atoms with E-state index in [0.29, 0.717) is 15.8 Å². The number of nitrogens with zero attached hydrogens (tertiary/aromatic N) is 3. The van der Waals surface area contributed by atoms with Crippen molar-refractivity contribution in [2.45, 2.75) is 6.92 Å². The van der Waals surface area contributed by atoms with E-state index in [1.165, 1.54) is 11.3 Å². The summed E-state index contributed by atoms with van der Waals surface area (Å²) in [6.45, 7) is 1.84. The summed E-state index contributed by atoms with van der Waals surface area (Å²) in [6.07, 6.45) is 0. The Hall–Kier alpha value is -1.92. The second kappa shape index (κ2) is 4.88. The summed E-state index contributed by atoms with van der Waals surface area (Å²) in [7, 11) is 1.83. The van der Waals surface area contributed by atoms with Crippen LogP contribution in [0.4, 0.5) is 5.13 Å². The van der Waals surface area contributed by atoms with E-state index in [2.05, 4.69) is 15.5 Å². The smallest absolute Gasteiger partial charge is 0.274 e. The standard InChI is InChI=1S/C13H11ClN4OS/c1-7-16-17-13(20-7)15-12(19)11-6-8-9(14)4-3-5-10(8)18(11)2/h3-6H,1-2H3,(H,15,17,19). The van der Waals surface area contributed by atoms with Crippen LogP contribution in [0.3, 0.4) is 0 Å². The molecule has 0 fully saturated rings. The Morgan fingerprint density at radius 3 is 2.85 bits per heavy atom. The molecule has 7 heteroatoms. The number of benzene rings is 1. The van der Waals surface area contributed by atoms with E-state index in [-0.39, 0.29) is 5.91 Å². The zero-order chi connectivity index (χ0) is 14.3. The summed E-state index contributed by atoms with van der Waals surface area (Å²) in [5.41, 5.74) is 1.44. The number of rotatable bonds is 2. The zero-order valence-electron chi connectivity index (χ0n) is 10.8. The molecule has 0 saturated carbocycles. The molecule has 0 spiro atoms. The summed E-state index contributed by atoms with van der Waals surface area (Å²) < 4.78 is 1.81. The maximum Gasteiger partial charge on any atom is 0.274 e. The highest BCUT2D eigenvalue weighted by atomic mass is 35.5. The van der Waals surface area contributed by atoms with Gasteiger partial charge in [0.15, 0.2) is 0 Å². The lowest BCUT2D eigenvalue weighted by molar-refractivity contribution is 0.101. The van der Waals surface area contributed by atoms with Gasteiger partial charge in [-0.1, -0.05) is 29.0 Å². The third-order valence-corrected chi connectivity index (χ3v) is 4.10. The molecular weight excluding hydrogens is 296 g/mol. The van der Waals surface area contributed by atoms with Gasteiger partial charge in [0, 0.05) is 23.0 Å². The van der Waals surface area contributed by atoms with Crippen molar-refractivity contribution in [2.24, 2.45) is 7.05 Å². The number of anilines is 1. The highest BCUT2D eigenvalue weighted by Crippen LogP contribution is 2.26. The van der Waals surface area contributed by atoms with E-state index < -0.39 is 0 Å². The molecule has 0 bridgehead atoms. The normalized spacial score (nSPS) is 10.9. The minimum absolute atomic E-state index is 0.226. The van der Waals surface area contributed by atoms with E-state index in [1.807, 2.05) is 30.7 Å². The first kappa shape index (κ1) is 13.1. The average Bonchev–Trinajstić information content (AvgIpc) is 2.95. The lowest BCUT2D eigenvalue weighted by atomic mass is 10.2. The van der Waals surface area contributed by atoms with Crippen LogP contribution < -0.4 is 5.32 Å². The molecule has 0 saturated heterocycles. The Balaban J connectivity index is 1.99. The number of aryl methyl sites for hydroxylation is 2. The summed E-state index contributed by atoms with van der Waals surface area (Å²) >= 11 is 7.48. The summed E-state index contributed by atoms with van der Waals surface area (Å²) in [5.74, 6) is -0.226. The van der Waals surface area contributed by atoms with Gasteiger partial charge in [-0.2, -0.15) is 0 Å². The predicted octanol–water partition coefficient (Wildman–Crippen LogP) is 3.24. The first-order valence-corrected chi connectivity index (χ1v) is 7.11. The van der Waals surface area contributed by atoms with E-state index in [0.717, 1.165) is 15.9 Å². The fraction of sp³-hybridized carbons (Fsp3) is 0.154. The Morgan fingerprint density at radius 2 is 2.20 bits per heavy atom. The molecule has 0 atom stereocenters. The third-order valence-electron chi connectivity index (χ3n) is 3.01. The number of nitrogens with one attached hydrogen (secondary N) is 1. The molecule has 0 radical (unpaired) electrons. The summed E-state index contributed by atoms with van der Waals surface area (Å²) in [4.78, 5) is 12.3. The molecule has 0 aliphatic heterocycles. The van der Waals surface area contributed by atoms with Crippen molar-refractivity contribution in [1.29, 1.82) is 0 Å². The van der Waals surface area contributed by atoms with E-state index in [4.69, 9.17) is 11.6 Å². The maximum absolute atomic E-state index is 12.3. The van der Waals surface area contributed by atoms with Gasteiger partial charge >= 0.3 is 0 Å². The molecule has 1 aromatic carbocycles. The number of aromatic nitrogens is 3. The quantitative estimate of drug-likeness (QED) is 0.790. The molecule has 1 N–H and O–H groups in total. The van der Waals surface area contributed by atoms with Gasteiger partial charge in [-0.15, -0.1) is 10.2 Å². The Bertz CT molecular complexity index is 808. The van der Waals surface area contributed by atoms with Gasteiger partial charge in [-0.3, -0.25) is 10.1 Å². The molecule has 2 aromatic heterocycles. The maximum atomic E-state index is 12.3. The van der Waals surface area contributed by atoms with Gasteiger partial charge in [0.1, 0.15) is 10.7 Å². The third kappa shape index (κ3) is 2.17. The number of halogens is 1. The number of carbonyl (C=O) groups excluding carboxylic acids is 1. The van der Waals surface area contributed by atoms with Crippen LogP contribution >= 0.6 is 22.9 Å². The lowest BCUT2D eigenvalue weighted by Crippen LogP contribution is -2.15. The molecule has 20 heavy (non-hydrogen) atoms. The van der Waals surface area contributed by atoms with Gasteiger partial charge in [0.2, 0.25) is 5.13 Å². The van der Waals surface area contributed by atoms with Crippen molar-refractivity contribution >= 4 is 44.9 Å². The SMILES string of the molecule is Cc1nnc(NC(=O)c2cc3c(Cl)cccc3n2C)s1. The van der Waals surface area contributed by atoms with E-state index in [1.54, 1.807) is 12.1 Å². The Kier molecular flexibility index (Phi) is 3.19. The predicted molar refractivity (Wildman–Crippen MR) is 80.5 cm³/mol. The highest BCUT2D eigenvalue weighted by molar-refractivity contribution is 7.15. The monoisotopic (exact) mass is 306 g/mol. The number of carbonyl (C=O) groups is 1. The molecule has 5 nitrogen and oxygen atoms in total. The summed E-state index contributed by atoms with van der Waals surface area (Å²) in [6, 6.07) is 7.37. The number of hydrogen-bond acceptors (Lipinski definition) is 4. The van der Waals surface area contributed by atoms with E-state index >= 15 is 0 Å². The Labute approximate surface area is 124 Å². The van der Waals surface area contributed by atoms with Crippen molar-refractivity contribution in [3.05, 3.63) is 40.0 Å². The van der Waals surface area contributed by atoms with Crippen molar-refractivity contribution in [3.8, 4) is 0 Å². The molecule has 2 heterocycles. The molecular formula is C13H11ClN4OS. The number of amides is 1. The fourth-order valence-corrected chi connectivity index (χ4v) is 2.86. The van der Waals surface area contributed by atoms with E-state index in [9.17, 15) is 4.79 Å². The van der Waals surface area contributed by atoms with Crippen molar-refractivity contribution < 1.29 is 4.79 Å². The molecule has 0 aliphatic rings. The number of fused-ring (bicyclic) bond motifs is 1. The van der Waals surface area contributed by atoms with Crippen molar-refractivity contribution in [1.82, 2.24) is 14.8 Å². The topological polar surface area (TPSA) is 59.8 Å². The van der Waals surface area contributed by atoms with Gasteiger partial charge in [0.05, 0.1) is 0 Å². The molecule has 3 aromatic rings. The first-order chi connectivity index (χ1) is 9.56. The molecule has 3 rings (SSSR count). The van der Waals surface area contributed by atoms with Crippen LogP contribution in [0.25, 0.3) is 10.9 Å². The van der Waals surface area contributed by atoms with Crippen LogP contribution in [-0.2, 0) is 7.05 Å². The van der Waals surface area contributed by atoms with Crippen LogP contribution in [0.5, 0.6) is 0 Å². The minimum atomic E-state index is -0.226. The molecule has 1 amide bonds. The van der Waals surface area contributed by atoms with Crippen molar-refractivity contribution in [2.75, 3.05) is 5.32 Å². The molecule has 0 unspecified atom stereocenters. The highest BCUT2D eigenvalue weighted by Gasteiger charge is 2.16. The van der Waals surface area contributed by atoms with Crippen molar-refractivity contribution in [3.63, 3.8) is 0 Å². The van der Waals surface area contributed by atoms with Gasteiger partial charge in [-0.05, 0) is 25.1 Å². The van der Waals surface area contributed by atoms with Crippen LogP contribution in [0.15, 0.2) is 24.3 Å². The fourth-order valence-electron chi connectivity index (χ4n) is 2.05. The van der Waals surface area contributed by atoms with Gasteiger partial charge < -0.3 is 4.57 Å². The first-order valence-electron chi connectivity index (χ1n) is 5.91. The summed E-state index contributed by atoms with van der Waals surface area (Å²) in [5, 5.41) is 13.3. The van der Waals surface area contributed by atoms with Crippen LogP contribution in [0, 0.1) is 6.92 Å². The largest absolute Gasteiger partial charge is 0.340 e. The van der Waals surface area contributed by atoms with Crippen LogP contribution in [0.2, 0.25) is 5.02 Å². The minimum Gasteiger partial charge on any atom is -0.340 e. The second-order valence-corrected chi connectivity index (χ2v) is 5.93. The van der Waals surface area contributed by atoms with Crippen LogP contribution in [0.1, 0.15) is 15.5 Å². The molecule has 0 aliphatic carbocycles. The van der Waals surface area contributed by atoms with Gasteiger partial charge in [0.25, 0.3) is 5.91 Å². The number of hydrogen-bond donors (Lipinski definition) is 1. The van der Waals surface area contributed by atoms with Crippen LogP contribution in [-0.4, -0.2) is 20.7 Å². The van der Waals surface area contributed by atoms with Gasteiger partial charge in [-0.25, -0.2) is 0 Å². The lowest BCUT2D eigenvalue weighted by Gasteiger charge is -2.03. The second-order valence-electron chi connectivity index (χ2n) is 4.34. The average molecular weight is 307 g/mol. The Morgan fingerprint density at radius 1 is 1.40 bits per heavy atom.